The highest BCUT2D eigenvalue weighted by Crippen LogP contribution is 2.48. The molecular weight excluding hydrogens is 826 g/mol. The van der Waals surface area contributed by atoms with E-state index in [-0.39, 0.29) is 41.8 Å². The standard InChI is InChI=1S/C46H56FN9O8/c1-25(61-3)39(52-45(59)63-5)43(57)54-21-7-9-37(54)41-48-31-17-11-27(23-33(31)50-41)35-19-20-36(56(35)30-15-13-29(47)14-16-30)28-12-18-32-34(24-28)51-42(49-32)38-10-8-22-55(38)44(58)40(26(2)62-4)53-46(60)64-6/h11-18,23-26,35-40H,7-10,19-22H2,1-6H3,(H,48,50)(H,49,51)(H,52,59)(H,53,60)/t25-,26?,35-,36-,37+,38+,39+,40+/m1/s1. The summed E-state index contributed by atoms with van der Waals surface area (Å²) in [6.45, 7) is 4.47. The summed E-state index contributed by atoms with van der Waals surface area (Å²) in [5.41, 5.74) is 6.19. The minimum absolute atomic E-state index is 0.0658. The molecule has 3 fully saturated rings. The predicted molar refractivity (Wildman–Crippen MR) is 235 cm³/mol. The molecule has 4 N–H and O–H groups in total. The SMILES string of the molecule is COC(=O)N[C@H](C(=O)N1CCC[C@H]1c1nc2ccc([C@H]3CC[C@H](c4ccc5nc([C@@H]6CCCN6C(=O)[C@@H](NC(=O)OC)[C@@H](C)OC)[nH]c5c4)N3c3ccc(F)cc3)cc2[nH]1)C(C)OC. The second-order valence-electron chi connectivity index (χ2n) is 16.8. The molecule has 17 nitrogen and oxygen atoms in total. The Kier molecular flexibility index (Phi) is 13.0. The van der Waals surface area contributed by atoms with Gasteiger partial charge in [0.15, 0.2) is 0 Å². The average Bonchev–Trinajstić information content (AvgIpc) is 4.17. The molecule has 3 aromatic carbocycles. The summed E-state index contributed by atoms with van der Waals surface area (Å²) in [4.78, 5) is 74.9. The lowest BCUT2D eigenvalue weighted by atomic mass is 10.0. The number of aromatic amines is 2. The largest absolute Gasteiger partial charge is 0.453 e. The van der Waals surface area contributed by atoms with Gasteiger partial charge in [-0.25, -0.2) is 23.9 Å². The third kappa shape index (κ3) is 8.67. The predicted octanol–water partition coefficient (Wildman–Crippen LogP) is 6.51. The quantitative estimate of drug-likeness (QED) is 0.101. The number of anilines is 1. The van der Waals surface area contributed by atoms with Gasteiger partial charge >= 0.3 is 12.2 Å². The second kappa shape index (κ2) is 18.8. The van der Waals surface area contributed by atoms with Crippen molar-refractivity contribution < 1.29 is 42.5 Å². The molecule has 5 heterocycles. The van der Waals surface area contributed by atoms with E-state index in [1.807, 2.05) is 24.3 Å². The van der Waals surface area contributed by atoms with E-state index in [1.54, 1.807) is 23.6 Å². The number of carbonyl (C=O) groups excluding carboxylic acids is 4. The van der Waals surface area contributed by atoms with Gasteiger partial charge in [-0.3, -0.25) is 9.59 Å². The summed E-state index contributed by atoms with van der Waals surface area (Å²) >= 11 is 0. The molecule has 5 aromatic rings. The van der Waals surface area contributed by atoms with Gasteiger partial charge in [-0.15, -0.1) is 0 Å². The van der Waals surface area contributed by atoms with Crippen LogP contribution in [0.1, 0.15) is 99.3 Å². The molecule has 8 atom stereocenters. The lowest BCUT2D eigenvalue weighted by Crippen LogP contribution is -2.54. The van der Waals surface area contributed by atoms with Crippen LogP contribution in [0.4, 0.5) is 19.7 Å². The van der Waals surface area contributed by atoms with Crippen LogP contribution in [0.3, 0.4) is 0 Å². The van der Waals surface area contributed by atoms with Crippen molar-refractivity contribution >= 4 is 51.8 Å². The Hall–Kier alpha value is -6.27. The first kappa shape index (κ1) is 44.3. The number of carbonyl (C=O) groups is 4. The van der Waals surface area contributed by atoms with Gasteiger partial charge in [0.05, 0.1) is 72.7 Å². The second-order valence-corrected chi connectivity index (χ2v) is 16.8. The van der Waals surface area contributed by atoms with E-state index in [0.717, 1.165) is 64.6 Å². The molecule has 18 heteroatoms. The Morgan fingerprint density at radius 3 is 1.48 bits per heavy atom. The van der Waals surface area contributed by atoms with Crippen LogP contribution in [-0.2, 0) is 28.5 Å². The lowest BCUT2D eigenvalue weighted by Gasteiger charge is -2.33. The number of imidazole rings is 2. The zero-order chi connectivity index (χ0) is 45.2. The summed E-state index contributed by atoms with van der Waals surface area (Å²) < 4.78 is 34.9. The molecule has 340 valence electrons. The maximum Gasteiger partial charge on any atom is 0.407 e. The van der Waals surface area contributed by atoms with Crippen LogP contribution in [0.25, 0.3) is 22.1 Å². The molecule has 8 rings (SSSR count). The summed E-state index contributed by atoms with van der Waals surface area (Å²) in [5, 5.41) is 5.28. The van der Waals surface area contributed by atoms with Gasteiger partial charge in [-0.1, -0.05) is 12.1 Å². The molecule has 0 aliphatic carbocycles. The van der Waals surface area contributed by atoms with Crippen LogP contribution >= 0.6 is 0 Å². The molecule has 3 saturated heterocycles. The first-order valence-corrected chi connectivity index (χ1v) is 21.8. The number of fused-ring (bicyclic) bond motifs is 2. The molecule has 3 aliphatic rings. The van der Waals surface area contributed by atoms with E-state index in [9.17, 15) is 23.6 Å². The maximum absolute atomic E-state index is 14.4. The van der Waals surface area contributed by atoms with E-state index < -0.39 is 36.5 Å². The van der Waals surface area contributed by atoms with Crippen molar-refractivity contribution in [1.82, 2.24) is 40.4 Å². The molecule has 4 amide bonds. The number of hydrogen-bond acceptors (Lipinski definition) is 11. The van der Waals surface area contributed by atoms with Gasteiger partial charge in [-0.05, 0) is 112 Å². The molecule has 0 saturated carbocycles. The summed E-state index contributed by atoms with van der Waals surface area (Å²) in [7, 11) is 5.49. The van der Waals surface area contributed by atoms with E-state index in [1.165, 1.54) is 40.6 Å². The number of alkyl carbamates (subject to hydrolysis) is 2. The van der Waals surface area contributed by atoms with Crippen molar-refractivity contribution in [1.29, 1.82) is 0 Å². The van der Waals surface area contributed by atoms with Crippen molar-refractivity contribution in [2.75, 3.05) is 46.4 Å². The Bertz CT molecular complexity index is 2350. The fourth-order valence-corrected chi connectivity index (χ4v) is 9.65. The topological polar surface area (TPSA) is 196 Å². The van der Waals surface area contributed by atoms with E-state index >= 15 is 0 Å². The first-order valence-electron chi connectivity index (χ1n) is 21.8. The molecule has 0 bridgehead atoms. The van der Waals surface area contributed by atoms with Crippen molar-refractivity contribution in [3.63, 3.8) is 0 Å². The minimum atomic E-state index is -0.937. The van der Waals surface area contributed by atoms with Crippen LogP contribution in [0.5, 0.6) is 0 Å². The van der Waals surface area contributed by atoms with Gasteiger partial charge in [0.1, 0.15) is 29.5 Å². The molecule has 1 unspecified atom stereocenters. The summed E-state index contributed by atoms with van der Waals surface area (Å²) in [6.07, 6.45) is 1.98. The van der Waals surface area contributed by atoms with Crippen LogP contribution in [-0.4, -0.2) is 120 Å². The van der Waals surface area contributed by atoms with Crippen LogP contribution in [0.2, 0.25) is 0 Å². The molecule has 0 spiro atoms. The van der Waals surface area contributed by atoms with Gasteiger partial charge in [0.2, 0.25) is 11.8 Å². The number of aromatic nitrogens is 4. The molecular formula is C46H56FN9O8. The highest BCUT2D eigenvalue weighted by atomic mass is 19.1. The number of likely N-dealkylation sites (tertiary alicyclic amines) is 2. The smallest absolute Gasteiger partial charge is 0.407 e. The zero-order valence-electron chi connectivity index (χ0n) is 36.9. The molecule has 3 aliphatic heterocycles. The third-order valence-corrected chi connectivity index (χ3v) is 13.2. The number of amides is 4. The number of benzene rings is 3. The van der Waals surface area contributed by atoms with E-state index in [2.05, 4.69) is 49.8 Å². The maximum atomic E-state index is 14.4. The van der Waals surface area contributed by atoms with Crippen LogP contribution in [0, 0.1) is 5.82 Å². The van der Waals surface area contributed by atoms with Crippen molar-refractivity contribution in [3.8, 4) is 0 Å². The van der Waals surface area contributed by atoms with Crippen molar-refractivity contribution in [2.45, 2.75) is 101 Å². The average molecular weight is 882 g/mol. The number of methoxy groups -OCH3 is 4. The highest BCUT2D eigenvalue weighted by Gasteiger charge is 2.41. The number of nitrogens with zero attached hydrogens (tertiary/aromatic N) is 5. The lowest BCUT2D eigenvalue weighted by molar-refractivity contribution is -0.138. The fourth-order valence-electron chi connectivity index (χ4n) is 9.65. The first-order chi connectivity index (χ1) is 30.9. The van der Waals surface area contributed by atoms with Crippen LogP contribution in [0.15, 0.2) is 60.7 Å². The zero-order valence-corrected chi connectivity index (χ0v) is 36.9. The van der Waals surface area contributed by atoms with Crippen molar-refractivity contribution in [3.05, 3.63) is 89.3 Å². The fraction of sp³-hybridized carbons (Fsp3) is 0.478. The molecule has 0 radical (unpaired) electrons. The number of hydrogen-bond donors (Lipinski definition) is 4. The van der Waals surface area contributed by atoms with Crippen LogP contribution < -0.4 is 15.5 Å². The Labute approximate surface area is 370 Å². The number of nitrogens with one attached hydrogen (secondary N) is 4. The Morgan fingerprint density at radius 2 is 1.08 bits per heavy atom. The number of ether oxygens (including phenoxy) is 4. The molecule has 2 aromatic heterocycles. The third-order valence-electron chi connectivity index (χ3n) is 13.2. The van der Waals surface area contributed by atoms with Gasteiger partial charge < -0.3 is 54.2 Å². The minimum Gasteiger partial charge on any atom is -0.453 e. The highest BCUT2D eigenvalue weighted by molar-refractivity contribution is 5.88. The summed E-state index contributed by atoms with van der Waals surface area (Å²) in [6, 6.07) is 16.3. The van der Waals surface area contributed by atoms with E-state index in [0.29, 0.717) is 37.6 Å². The normalized spacial score (nSPS) is 21.8. The monoisotopic (exact) mass is 881 g/mol. The van der Waals surface area contributed by atoms with Gasteiger partial charge in [-0.2, -0.15) is 0 Å². The number of halogens is 1. The Morgan fingerprint density at radius 1 is 0.641 bits per heavy atom. The Balaban J connectivity index is 1.06. The van der Waals surface area contributed by atoms with Gasteiger partial charge in [0, 0.05) is 33.0 Å². The number of rotatable bonds is 13. The molecule has 64 heavy (non-hydrogen) atoms. The van der Waals surface area contributed by atoms with Crippen molar-refractivity contribution in [2.24, 2.45) is 0 Å². The summed E-state index contributed by atoms with van der Waals surface area (Å²) in [5.74, 6) is 0.469. The van der Waals surface area contributed by atoms with Gasteiger partial charge in [0.25, 0.3) is 0 Å². The number of H-pyrrole nitrogens is 2. The van der Waals surface area contributed by atoms with E-state index in [4.69, 9.17) is 28.9 Å².